The van der Waals surface area contributed by atoms with Crippen LogP contribution in [0.15, 0.2) is 29.4 Å². The first kappa shape index (κ1) is 13.9. The quantitative estimate of drug-likeness (QED) is 0.817. The topological polar surface area (TPSA) is 52.0 Å². The summed E-state index contributed by atoms with van der Waals surface area (Å²) < 4.78 is 7.23. The minimum atomic E-state index is 0.725. The van der Waals surface area contributed by atoms with Crippen LogP contribution in [0.1, 0.15) is 11.4 Å². The zero-order valence-corrected chi connectivity index (χ0v) is 12.2. The van der Waals surface area contributed by atoms with Crippen molar-refractivity contribution < 1.29 is 4.74 Å². The molecule has 1 aromatic heterocycles. The van der Waals surface area contributed by atoms with Crippen LogP contribution >= 0.6 is 11.8 Å². The summed E-state index contributed by atoms with van der Waals surface area (Å²) in [7, 11) is 5.57. The Kier molecular flexibility index (Phi) is 4.81. The molecule has 2 rings (SSSR count). The van der Waals surface area contributed by atoms with E-state index in [1.54, 1.807) is 18.9 Å². The molecule has 0 aliphatic rings. The fraction of sp³-hybridized carbons (Fsp3) is 0.385. The van der Waals surface area contributed by atoms with Crippen LogP contribution in [0.2, 0.25) is 0 Å². The van der Waals surface area contributed by atoms with Gasteiger partial charge in [0.15, 0.2) is 5.16 Å². The average molecular weight is 278 g/mol. The van der Waals surface area contributed by atoms with Gasteiger partial charge in [-0.3, -0.25) is 0 Å². The molecule has 0 spiro atoms. The molecule has 1 N–H and O–H groups in total. The molecule has 19 heavy (non-hydrogen) atoms. The first-order valence-electron chi connectivity index (χ1n) is 6.03. The monoisotopic (exact) mass is 278 g/mol. The number of rotatable bonds is 6. The third-order valence-corrected chi connectivity index (χ3v) is 3.85. The number of thioether (sulfide) groups is 1. The van der Waals surface area contributed by atoms with E-state index in [1.807, 2.05) is 36.9 Å². The molecular weight excluding hydrogens is 260 g/mol. The Hall–Kier alpha value is -1.53. The SMILES string of the molecule is CNCc1nnc(SCc2cccc(OC)c2)n1C. The first-order valence-corrected chi connectivity index (χ1v) is 7.01. The van der Waals surface area contributed by atoms with E-state index in [9.17, 15) is 0 Å². The molecule has 0 atom stereocenters. The third kappa shape index (κ3) is 3.48. The highest BCUT2D eigenvalue weighted by Crippen LogP contribution is 2.23. The molecule has 0 aliphatic carbocycles. The molecule has 5 nitrogen and oxygen atoms in total. The highest BCUT2D eigenvalue weighted by Gasteiger charge is 2.08. The highest BCUT2D eigenvalue weighted by atomic mass is 32.2. The molecule has 0 fully saturated rings. The number of methoxy groups -OCH3 is 1. The number of hydrogen-bond donors (Lipinski definition) is 1. The van der Waals surface area contributed by atoms with Gasteiger partial charge in [-0.1, -0.05) is 23.9 Å². The standard InChI is InChI=1S/C13H18N4OS/c1-14-8-12-15-16-13(17(12)2)19-9-10-5-4-6-11(7-10)18-3/h4-7,14H,8-9H2,1-3H3. The van der Waals surface area contributed by atoms with Crippen molar-refractivity contribution in [1.82, 2.24) is 20.1 Å². The number of aromatic nitrogens is 3. The molecule has 0 aliphatic heterocycles. The molecular formula is C13H18N4OS. The lowest BCUT2D eigenvalue weighted by Crippen LogP contribution is -2.10. The Morgan fingerprint density at radius 2 is 2.21 bits per heavy atom. The van der Waals surface area contributed by atoms with Crippen LogP contribution in [0.5, 0.6) is 5.75 Å². The van der Waals surface area contributed by atoms with E-state index in [2.05, 4.69) is 21.6 Å². The molecule has 1 heterocycles. The molecule has 0 unspecified atom stereocenters. The van der Waals surface area contributed by atoms with Crippen molar-refractivity contribution in [2.24, 2.45) is 7.05 Å². The molecule has 0 saturated heterocycles. The molecule has 0 bridgehead atoms. The van der Waals surface area contributed by atoms with Crippen molar-refractivity contribution in [2.45, 2.75) is 17.5 Å². The van der Waals surface area contributed by atoms with Gasteiger partial charge in [0.2, 0.25) is 0 Å². The fourth-order valence-corrected chi connectivity index (χ4v) is 2.57. The van der Waals surface area contributed by atoms with Crippen LogP contribution in [0, 0.1) is 0 Å². The van der Waals surface area contributed by atoms with Gasteiger partial charge >= 0.3 is 0 Å². The van der Waals surface area contributed by atoms with Gasteiger partial charge in [0.05, 0.1) is 13.7 Å². The summed E-state index contributed by atoms with van der Waals surface area (Å²) in [5.41, 5.74) is 1.21. The number of nitrogens with one attached hydrogen (secondary N) is 1. The Bertz CT molecular complexity index is 541. The van der Waals surface area contributed by atoms with E-state index in [0.29, 0.717) is 0 Å². The van der Waals surface area contributed by atoms with Gasteiger partial charge in [0.1, 0.15) is 11.6 Å². The summed E-state index contributed by atoms with van der Waals surface area (Å²) >= 11 is 1.67. The smallest absolute Gasteiger partial charge is 0.191 e. The van der Waals surface area contributed by atoms with E-state index in [0.717, 1.165) is 29.0 Å². The molecule has 0 radical (unpaired) electrons. The molecule has 102 valence electrons. The van der Waals surface area contributed by atoms with E-state index in [1.165, 1.54) is 5.56 Å². The van der Waals surface area contributed by atoms with Crippen LogP contribution in [-0.4, -0.2) is 28.9 Å². The summed E-state index contributed by atoms with van der Waals surface area (Å²) in [5, 5.41) is 12.4. The van der Waals surface area contributed by atoms with Crippen LogP contribution in [-0.2, 0) is 19.3 Å². The van der Waals surface area contributed by atoms with Crippen LogP contribution in [0.4, 0.5) is 0 Å². The average Bonchev–Trinajstić information content (AvgIpc) is 2.78. The molecule has 2 aromatic rings. The lowest BCUT2D eigenvalue weighted by molar-refractivity contribution is 0.414. The number of nitrogens with zero attached hydrogens (tertiary/aromatic N) is 3. The van der Waals surface area contributed by atoms with E-state index in [4.69, 9.17) is 4.74 Å². The Labute approximate surface area is 117 Å². The normalized spacial score (nSPS) is 10.7. The first-order chi connectivity index (χ1) is 9.24. The van der Waals surface area contributed by atoms with Crippen LogP contribution < -0.4 is 10.1 Å². The van der Waals surface area contributed by atoms with E-state index >= 15 is 0 Å². The van der Waals surface area contributed by atoms with Gasteiger partial charge in [-0.05, 0) is 24.7 Å². The predicted octanol–water partition coefficient (Wildman–Crippen LogP) is 1.84. The van der Waals surface area contributed by atoms with Gasteiger partial charge < -0.3 is 14.6 Å². The van der Waals surface area contributed by atoms with Gasteiger partial charge in [-0.15, -0.1) is 10.2 Å². The molecule has 0 amide bonds. The maximum absolute atomic E-state index is 5.22. The lowest BCUT2D eigenvalue weighted by atomic mass is 10.2. The van der Waals surface area contributed by atoms with Gasteiger partial charge in [-0.2, -0.15) is 0 Å². The molecule has 1 aromatic carbocycles. The molecule has 6 heteroatoms. The zero-order chi connectivity index (χ0) is 13.7. The van der Waals surface area contributed by atoms with Crippen LogP contribution in [0.3, 0.4) is 0 Å². The summed E-state index contributed by atoms with van der Waals surface area (Å²) in [4.78, 5) is 0. The van der Waals surface area contributed by atoms with Crippen molar-refractivity contribution in [3.63, 3.8) is 0 Å². The highest BCUT2D eigenvalue weighted by molar-refractivity contribution is 7.98. The third-order valence-electron chi connectivity index (χ3n) is 2.76. The van der Waals surface area contributed by atoms with Crippen molar-refractivity contribution in [1.29, 1.82) is 0 Å². The second-order valence-corrected chi connectivity index (χ2v) is 5.07. The second-order valence-electron chi connectivity index (χ2n) is 4.13. The maximum atomic E-state index is 5.22. The van der Waals surface area contributed by atoms with Crippen LogP contribution in [0.25, 0.3) is 0 Å². The Morgan fingerprint density at radius 1 is 1.37 bits per heavy atom. The van der Waals surface area contributed by atoms with E-state index < -0.39 is 0 Å². The second kappa shape index (κ2) is 6.58. The summed E-state index contributed by atoms with van der Waals surface area (Å²) in [6.07, 6.45) is 0. The van der Waals surface area contributed by atoms with Gasteiger partial charge in [0, 0.05) is 12.8 Å². The molecule has 0 saturated carbocycles. The Morgan fingerprint density at radius 3 is 2.95 bits per heavy atom. The summed E-state index contributed by atoms with van der Waals surface area (Å²) in [6, 6.07) is 8.07. The zero-order valence-electron chi connectivity index (χ0n) is 11.4. The minimum Gasteiger partial charge on any atom is -0.497 e. The number of benzene rings is 1. The van der Waals surface area contributed by atoms with E-state index in [-0.39, 0.29) is 0 Å². The van der Waals surface area contributed by atoms with Crippen molar-refractivity contribution in [3.05, 3.63) is 35.7 Å². The summed E-state index contributed by atoms with van der Waals surface area (Å²) in [5.74, 6) is 2.67. The van der Waals surface area contributed by atoms with Crippen molar-refractivity contribution in [2.75, 3.05) is 14.2 Å². The van der Waals surface area contributed by atoms with Gasteiger partial charge in [0.25, 0.3) is 0 Å². The maximum Gasteiger partial charge on any atom is 0.191 e. The summed E-state index contributed by atoms with van der Waals surface area (Å²) in [6.45, 7) is 0.725. The lowest BCUT2D eigenvalue weighted by Gasteiger charge is -2.05. The number of ether oxygens (including phenoxy) is 1. The predicted molar refractivity (Wildman–Crippen MR) is 76.3 cm³/mol. The largest absolute Gasteiger partial charge is 0.497 e. The fourth-order valence-electron chi connectivity index (χ4n) is 1.69. The Balaban J connectivity index is 2.01. The van der Waals surface area contributed by atoms with Crippen molar-refractivity contribution in [3.8, 4) is 5.75 Å². The number of hydrogen-bond acceptors (Lipinski definition) is 5. The van der Waals surface area contributed by atoms with Crippen molar-refractivity contribution >= 4 is 11.8 Å². The van der Waals surface area contributed by atoms with Gasteiger partial charge in [-0.25, -0.2) is 0 Å². The minimum absolute atomic E-state index is 0.725.